The molecule has 1 saturated heterocycles. The van der Waals surface area contributed by atoms with Crippen LogP contribution in [-0.4, -0.2) is 29.8 Å². The van der Waals surface area contributed by atoms with E-state index in [1.54, 1.807) is 24.8 Å². The summed E-state index contributed by atoms with van der Waals surface area (Å²) < 4.78 is 5.17. The number of furan rings is 1. The number of benzene rings is 2. The molecule has 1 aromatic heterocycles. The van der Waals surface area contributed by atoms with E-state index >= 15 is 0 Å². The maximum absolute atomic E-state index is 12.6. The largest absolute Gasteiger partial charge is 0.472 e. The van der Waals surface area contributed by atoms with Crippen LogP contribution in [0.25, 0.3) is 16.7 Å². The number of rotatable bonds is 5. The van der Waals surface area contributed by atoms with Gasteiger partial charge in [0, 0.05) is 34.6 Å². The van der Waals surface area contributed by atoms with Gasteiger partial charge in [-0.05, 0) is 67.4 Å². The van der Waals surface area contributed by atoms with E-state index in [9.17, 15) is 9.59 Å². The quantitative estimate of drug-likeness (QED) is 0.451. The van der Waals surface area contributed by atoms with Crippen molar-refractivity contribution in [2.24, 2.45) is 0 Å². The first-order valence-electron chi connectivity index (χ1n) is 11.0. The van der Waals surface area contributed by atoms with E-state index in [0.717, 1.165) is 29.9 Å². The molecule has 2 N–H and O–H groups in total. The lowest BCUT2D eigenvalue weighted by Gasteiger charge is -2.23. The van der Waals surface area contributed by atoms with Crippen LogP contribution in [0.5, 0.6) is 0 Å². The Labute approximate surface area is 186 Å². The molecule has 1 atom stereocenters. The summed E-state index contributed by atoms with van der Waals surface area (Å²) in [5.41, 5.74) is 5.47. The van der Waals surface area contributed by atoms with Gasteiger partial charge in [0.05, 0.1) is 18.1 Å². The second-order valence-corrected chi connectivity index (χ2v) is 8.17. The summed E-state index contributed by atoms with van der Waals surface area (Å²) in [5.74, 6) is -0.803. The maximum Gasteiger partial charge on any atom is 0.260 e. The Morgan fingerprint density at radius 2 is 1.91 bits per heavy atom. The van der Waals surface area contributed by atoms with Gasteiger partial charge in [-0.3, -0.25) is 19.8 Å². The zero-order valence-electron chi connectivity index (χ0n) is 17.9. The lowest BCUT2D eigenvalue weighted by molar-refractivity contribution is -0.114. The lowest BCUT2D eigenvalue weighted by atomic mass is 9.92. The summed E-state index contributed by atoms with van der Waals surface area (Å²) >= 11 is 0. The molecule has 0 bridgehead atoms. The minimum atomic E-state index is -0.416. The molecule has 0 saturated carbocycles. The third-order valence-corrected chi connectivity index (χ3v) is 6.33. The number of nitrogens with one attached hydrogen (secondary N) is 2. The minimum absolute atomic E-state index is 0.387. The van der Waals surface area contributed by atoms with E-state index < -0.39 is 5.91 Å². The van der Waals surface area contributed by atoms with E-state index in [1.165, 1.54) is 18.4 Å². The summed E-state index contributed by atoms with van der Waals surface area (Å²) in [6.45, 7) is 4.42. The van der Waals surface area contributed by atoms with Crippen LogP contribution in [0.3, 0.4) is 0 Å². The molecule has 1 unspecified atom stereocenters. The van der Waals surface area contributed by atoms with E-state index in [2.05, 4.69) is 34.6 Å². The number of hydrogen-bond donors (Lipinski definition) is 2. The average Bonchev–Trinajstić information content (AvgIpc) is 3.51. The first-order chi connectivity index (χ1) is 15.6. The Morgan fingerprint density at radius 3 is 2.66 bits per heavy atom. The molecule has 5 rings (SSSR count). The van der Waals surface area contributed by atoms with Gasteiger partial charge >= 0.3 is 0 Å². The minimum Gasteiger partial charge on any atom is -0.472 e. The Hall–Kier alpha value is -3.64. The average molecular weight is 428 g/mol. The van der Waals surface area contributed by atoms with Crippen molar-refractivity contribution in [2.75, 3.05) is 18.4 Å². The molecule has 0 aliphatic carbocycles. The van der Waals surface area contributed by atoms with Crippen LogP contribution in [0, 0.1) is 0 Å². The van der Waals surface area contributed by atoms with Crippen LogP contribution in [0.1, 0.15) is 47.3 Å². The van der Waals surface area contributed by atoms with Crippen LogP contribution < -0.4 is 10.6 Å². The molecule has 0 radical (unpaired) electrons. The van der Waals surface area contributed by atoms with Gasteiger partial charge in [0.1, 0.15) is 0 Å². The second-order valence-electron chi connectivity index (χ2n) is 8.17. The molecule has 162 valence electrons. The van der Waals surface area contributed by atoms with Gasteiger partial charge in [0.25, 0.3) is 11.8 Å². The van der Waals surface area contributed by atoms with Crippen molar-refractivity contribution in [3.63, 3.8) is 0 Å². The third-order valence-electron chi connectivity index (χ3n) is 6.33. The second kappa shape index (κ2) is 8.48. The van der Waals surface area contributed by atoms with Gasteiger partial charge in [0.2, 0.25) is 0 Å². The van der Waals surface area contributed by atoms with E-state index in [1.807, 2.05) is 30.3 Å². The van der Waals surface area contributed by atoms with Crippen LogP contribution >= 0.6 is 0 Å². The maximum atomic E-state index is 12.6. The SMILES string of the molecule is CCN1CCCC1c1ccc(NC=C2C(=O)NC(=O)c3ccc(-c4ccoc4)cc32)cc1. The normalized spacial score (nSPS) is 19.8. The van der Waals surface area contributed by atoms with Gasteiger partial charge < -0.3 is 9.73 Å². The van der Waals surface area contributed by atoms with Crippen LogP contribution in [-0.2, 0) is 4.79 Å². The molecular formula is C26H25N3O3. The molecule has 2 amide bonds. The standard InChI is InChI=1S/C26H25N3O3/c1-2-29-12-3-4-24(29)17-5-8-20(9-6-17)27-15-23-22-14-18(19-11-13-32-16-19)7-10-21(22)25(30)28-26(23)31/h5-11,13-16,24,27H,2-4,12H2,1H3,(H,28,30,31). The zero-order valence-corrected chi connectivity index (χ0v) is 17.9. The smallest absolute Gasteiger partial charge is 0.260 e. The number of hydrogen-bond acceptors (Lipinski definition) is 5. The molecule has 0 spiro atoms. The van der Waals surface area contributed by atoms with E-state index in [0.29, 0.717) is 22.7 Å². The molecular weight excluding hydrogens is 402 g/mol. The molecule has 2 aliphatic rings. The fourth-order valence-electron chi connectivity index (χ4n) is 4.62. The molecule has 6 heteroatoms. The fourth-order valence-corrected chi connectivity index (χ4v) is 4.62. The highest BCUT2D eigenvalue weighted by Crippen LogP contribution is 2.33. The molecule has 2 aromatic carbocycles. The molecule has 6 nitrogen and oxygen atoms in total. The number of likely N-dealkylation sites (tertiary alicyclic amines) is 1. The zero-order chi connectivity index (χ0) is 22.1. The van der Waals surface area contributed by atoms with Gasteiger partial charge in [-0.2, -0.15) is 0 Å². The monoisotopic (exact) mass is 427 g/mol. The lowest BCUT2D eigenvalue weighted by Crippen LogP contribution is -2.36. The first-order valence-corrected chi connectivity index (χ1v) is 11.0. The molecule has 3 heterocycles. The van der Waals surface area contributed by atoms with Crippen molar-refractivity contribution < 1.29 is 14.0 Å². The van der Waals surface area contributed by atoms with Crippen LogP contribution in [0.15, 0.2) is 71.7 Å². The predicted octanol–water partition coefficient (Wildman–Crippen LogP) is 4.83. The van der Waals surface area contributed by atoms with Gasteiger partial charge in [-0.25, -0.2) is 0 Å². The van der Waals surface area contributed by atoms with Crippen LogP contribution in [0.2, 0.25) is 0 Å². The number of carbonyl (C=O) groups excluding carboxylic acids is 2. The number of anilines is 1. The Morgan fingerprint density at radius 1 is 1.06 bits per heavy atom. The Bertz CT molecular complexity index is 1180. The first kappa shape index (κ1) is 20.3. The summed E-state index contributed by atoms with van der Waals surface area (Å²) in [6.07, 6.45) is 7.33. The van der Waals surface area contributed by atoms with Crippen molar-refractivity contribution in [3.8, 4) is 11.1 Å². The summed E-state index contributed by atoms with van der Waals surface area (Å²) in [4.78, 5) is 27.4. The fraction of sp³-hybridized carbons (Fsp3) is 0.231. The van der Waals surface area contributed by atoms with Crippen molar-refractivity contribution in [1.29, 1.82) is 0 Å². The van der Waals surface area contributed by atoms with Gasteiger partial charge in [-0.15, -0.1) is 0 Å². The highest BCUT2D eigenvalue weighted by molar-refractivity contribution is 6.31. The van der Waals surface area contributed by atoms with Crippen molar-refractivity contribution in [1.82, 2.24) is 10.2 Å². The highest BCUT2D eigenvalue weighted by Gasteiger charge is 2.28. The Balaban J connectivity index is 1.41. The summed E-state index contributed by atoms with van der Waals surface area (Å²) in [5, 5.41) is 5.65. The predicted molar refractivity (Wildman–Crippen MR) is 124 cm³/mol. The highest BCUT2D eigenvalue weighted by atomic mass is 16.3. The number of fused-ring (bicyclic) bond motifs is 1. The molecule has 1 fully saturated rings. The molecule has 32 heavy (non-hydrogen) atoms. The third kappa shape index (κ3) is 3.74. The molecule has 3 aromatic rings. The van der Waals surface area contributed by atoms with Gasteiger partial charge in [0.15, 0.2) is 0 Å². The number of nitrogens with zero attached hydrogens (tertiary/aromatic N) is 1. The Kier molecular flexibility index (Phi) is 5.37. The van der Waals surface area contributed by atoms with Crippen molar-refractivity contribution in [3.05, 3.63) is 83.9 Å². The molecule has 2 aliphatic heterocycles. The number of carbonyl (C=O) groups is 2. The number of amides is 2. The number of imide groups is 1. The van der Waals surface area contributed by atoms with Gasteiger partial charge in [-0.1, -0.05) is 25.1 Å². The van der Waals surface area contributed by atoms with E-state index in [-0.39, 0.29) is 5.91 Å². The summed E-state index contributed by atoms with van der Waals surface area (Å²) in [6, 6.07) is 16.1. The van der Waals surface area contributed by atoms with Crippen molar-refractivity contribution in [2.45, 2.75) is 25.8 Å². The van der Waals surface area contributed by atoms with Crippen molar-refractivity contribution >= 4 is 23.1 Å². The van der Waals surface area contributed by atoms with Crippen LogP contribution in [0.4, 0.5) is 5.69 Å². The van der Waals surface area contributed by atoms with E-state index in [4.69, 9.17) is 4.42 Å². The summed E-state index contributed by atoms with van der Waals surface area (Å²) in [7, 11) is 0. The topological polar surface area (TPSA) is 74.6 Å².